The van der Waals surface area contributed by atoms with Crippen molar-refractivity contribution in [3.63, 3.8) is 0 Å². The van der Waals surface area contributed by atoms with Gasteiger partial charge in [-0.05, 0) is 18.1 Å². The van der Waals surface area contributed by atoms with Gasteiger partial charge in [0.05, 0.1) is 0 Å². The number of carbonyl (C=O) groups excluding carboxylic acids is 2. The Kier molecular flexibility index (Phi) is 3.94. The monoisotopic (exact) mass is 248 g/mol. The lowest BCUT2D eigenvalue weighted by Crippen LogP contribution is -2.36. The molecule has 2 rings (SSSR count). The van der Waals surface area contributed by atoms with Crippen LogP contribution < -0.4 is 11.1 Å². The van der Waals surface area contributed by atoms with Crippen LogP contribution in [0.25, 0.3) is 0 Å². The number of amides is 2. The van der Waals surface area contributed by atoms with Gasteiger partial charge in [-0.15, -0.1) is 0 Å². The van der Waals surface area contributed by atoms with Crippen LogP contribution in [0.1, 0.15) is 18.4 Å². The normalized spacial score (nSPS) is 18.0. The van der Waals surface area contributed by atoms with Crippen LogP contribution in [0.4, 0.5) is 5.69 Å². The third kappa shape index (κ3) is 3.07. The molecule has 1 unspecified atom stereocenters. The zero-order chi connectivity index (χ0) is 13.0. The van der Waals surface area contributed by atoms with Crippen LogP contribution in [0.2, 0.25) is 0 Å². The fraction of sp³-hybridized carbons (Fsp3) is 0.385. The Hall–Kier alpha value is -1.88. The third-order valence-electron chi connectivity index (χ3n) is 2.86. The number of nitrogens with two attached hydrogens (primary N) is 1. The molecule has 1 aromatic rings. The summed E-state index contributed by atoms with van der Waals surface area (Å²) in [6.45, 7) is 0.364. The van der Waals surface area contributed by atoms with Gasteiger partial charge in [0, 0.05) is 25.1 Å². The molecule has 0 radical (unpaired) electrons. The van der Waals surface area contributed by atoms with Crippen LogP contribution in [-0.4, -0.2) is 24.5 Å². The molecule has 96 valence electrons. The van der Waals surface area contributed by atoms with E-state index in [0.717, 1.165) is 11.3 Å². The molecule has 1 heterocycles. The number of rotatable bonds is 5. The van der Waals surface area contributed by atoms with Crippen molar-refractivity contribution < 1.29 is 14.3 Å². The van der Waals surface area contributed by atoms with Crippen molar-refractivity contribution in [2.45, 2.75) is 25.4 Å². The molecule has 1 atom stereocenters. The highest BCUT2D eigenvalue weighted by Crippen LogP contribution is 2.23. The number of primary amides is 1. The van der Waals surface area contributed by atoms with Gasteiger partial charge in [0.1, 0.15) is 6.10 Å². The molecular formula is C13H16N2O3. The molecule has 18 heavy (non-hydrogen) atoms. The van der Waals surface area contributed by atoms with E-state index >= 15 is 0 Å². The molecule has 0 aromatic heterocycles. The lowest BCUT2D eigenvalue weighted by Gasteiger charge is -2.24. The number of ether oxygens (including phenoxy) is 1. The summed E-state index contributed by atoms with van der Waals surface area (Å²) in [6, 6.07) is 7.65. The second-order valence-corrected chi connectivity index (χ2v) is 4.28. The minimum Gasteiger partial charge on any atom is -0.370 e. The number of hydrogen-bond acceptors (Lipinski definition) is 3. The zero-order valence-electron chi connectivity index (χ0n) is 10.0. The first-order valence-corrected chi connectivity index (χ1v) is 5.95. The van der Waals surface area contributed by atoms with Crippen molar-refractivity contribution in [2.75, 3.05) is 11.9 Å². The minimum absolute atomic E-state index is 0.132. The Morgan fingerprint density at radius 1 is 1.44 bits per heavy atom. The van der Waals surface area contributed by atoms with Crippen molar-refractivity contribution >= 4 is 17.5 Å². The summed E-state index contributed by atoms with van der Waals surface area (Å²) in [6.07, 6.45) is 0.914. The van der Waals surface area contributed by atoms with Gasteiger partial charge in [-0.1, -0.05) is 18.2 Å². The van der Waals surface area contributed by atoms with Gasteiger partial charge in [0.2, 0.25) is 5.91 Å². The van der Waals surface area contributed by atoms with Crippen LogP contribution >= 0.6 is 0 Å². The third-order valence-corrected chi connectivity index (χ3v) is 2.86. The molecule has 0 saturated carbocycles. The van der Waals surface area contributed by atoms with Crippen LogP contribution in [0.15, 0.2) is 24.3 Å². The quantitative estimate of drug-likeness (QED) is 0.757. The molecule has 1 aromatic carbocycles. The van der Waals surface area contributed by atoms with Crippen LogP contribution in [0.3, 0.4) is 0 Å². The van der Waals surface area contributed by atoms with Gasteiger partial charge < -0.3 is 15.8 Å². The highest BCUT2D eigenvalue weighted by molar-refractivity contribution is 5.97. The van der Waals surface area contributed by atoms with E-state index in [4.69, 9.17) is 10.5 Å². The van der Waals surface area contributed by atoms with Crippen LogP contribution in [-0.2, 0) is 20.7 Å². The topological polar surface area (TPSA) is 81.4 Å². The highest BCUT2D eigenvalue weighted by atomic mass is 16.5. The minimum atomic E-state index is -0.479. The van der Waals surface area contributed by atoms with Crippen LogP contribution in [0.5, 0.6) is 0 Å². The maximum Gasteiger partial charge on any atom is 0.253 e. The Morgan fingerprint density at radius 2 is 2.22 bits per heavy atom. The number of para-hydroxylation sites is 1. The maximum absolute atomic E-state index is 11.8. The molecular weight excluding hydrogens is 232 g/mol. The first kappa shape index (κ1) is 12.6. The Balaban J connectivity index is 1.88. The number of carbonyl (C=O) groups is 2. The smallest absolute Gasteiger partial charge is 0.253 e. The van der Waals surface area contributed by atoms with E-state index in [-0.39, 0.29) is 18.2 Å². The average molecular weight is 248 g/mol. The Labute approximate surface area is 105 Å². The van der Waals surface area contributed by atoms with Gasteiger partial charge in [-0.2, -0.15) is 0 Å². The fourth-order valence-corrected chi connectivity index (χ4v) is 1.93. The standard InChI is InChI=1S/C13H16N2O3/c14-12(16)6-3-7-18-11-8-9-4-1-2-5-10(9)15-13(11)17/h1-2,4-5,11H,3,6-8H2,(H2,14,16)(H,15,17). The summed E-state index contributed by atoms with van der Waals surface area (Å²) >= 11 is 0. The molecule has 2 amide bonds. The predicted octanol–water partition coefficient (Wildman–Crippen LogP) is 0.832. The molecule has 0 fully saturated rings. The van der Waals surface area contributed by atoms with E-state index in [0.29, 0.717) is 19.4 Å². The summed E-state index contributed by atoms with van der Waals surface area (Å²) in [5.74, 6) is -0.482. The van der Waals surface area contributed by atoms with E-state index < -0.39 is 6.10 Å². The number of anilines is 1. The van der Waals surface area contributed by atoms with E-state index in [1.165, 1.54) is 0 Å². The predicted molar refractivity (Wildman–Crippen MR) is 66.9 cm³/mol. The van der Waals surface area contributed by atoms with E-state index in [2.05, 4.69) is 5.32 Å². The van der Waals surface area contributed by atoms with Crippen molar-refractivity contribution in [1.29, 1.82) is 0 Å². The zero-order valence-corrected chi connectivity index (χ0v) is 10.0. The number of fused-ring (bicyclic) bond motifs is 1. The number of nitrogens with one attached hydrogen (secondary N) is 1. The molecule has 0 spiro atoms. The van der Waals surface area contributed by atoms with Crippen molar-refractivity contribution in [2.24, 2.45) is 5.73 Å². The SMILES string of the molecule is NC(=O)CCCOC1Cc2ccccc2NC1=O. The second kappa shape index (κ2) is 5.64. The van der Waals surface area contributed by atoms with E-state index in [1.807, 2.05) is 24.3 Å². The van der Waals surface area contributed by atoms with Gasteiger partial charge in [0.15, 0.2) is 0 Å². The first-order valence-electron chi connectivity index (χ1n) is 5.95. The van der Waals surface area contributed by atoms with Gasteiger partial charge in [-0.25, -0.2) is 0 Å². The molecule has 1 aliphatic heterocycles. The van der Waals surface area contributed by atoms with Crippen LogP contribution in [0, 0.1) is 0 Å². The summed E-state index contributed by atoms with van der Waals surface area (Å²) in [5.41, 5.74) is 6.94. The van der Waals surface area contributed by atoms with Crippen molar-refractivity contribution in [3.05, 3.63) is 29.8 Å². The highest BCUT2D eigenvalue weighted by Gasteiger charge is 2.26. The fourth-order valence-electron chi connectivity index (χ4n) is 1.93. The Morgan fingerprint density at radius 3 is 3.00 bits per heavy atom. The summed E-state index contributed by atoms with van der Waals surface area (Å²) in [5, 5.41) is 2.80. The second-order valence-electron chi connectivity index (χ2n) is 4.28. The largest absolute Gasteiger partial charge is 0.370 e. The summed E-state index contributed by atoms with van der Waals surface area (Å²) < 4.78 is 5.48. The molecule has 0 aliphatic carbocycles. The first-order chi connectivity index (χ1) is 8.66. The molecule has 3 N–H and O–H groups in total. The molecule has 0 saturated heterocycles. The van der Waals surface area contributed by atoms with E-state index in [9.17, 15) is 9.59 Å². The lowest BCUT2D eigenvalue weighted by molar-refractivity contribution is -0.128. The maximum atomic E-state index is 11.8. The molecule has 5 heteroatoms. The molecule has 5 nitrogen and oxygen atoms in total. The summed E-state index contributed by atoms with van der Waals surface area (Å²) in [7, 11) is 0. The van der Waals surface area contributed by atoms with E-state index in [1.54, 1.807) is 0 Å². The van der Waals surface area contributed by atoms with Gasteiger partial charge >= 0.3 is 0 Å². The summed E-state index contributed by atoms with van der Waals surface area (Å²) in [4.78, 5) is 22.3. The van der Waals surface area contributed by atoms with Crippen molar-refractivity contribution in [3.8, 4) is 0 Å². The van der Waals surface area contributed by atoms with Gasteiger partial charge in [-0.3, -0.25) is 9.59 Å². The van der Waals surface area contributed by atoms with Crippen molar-refractivity contribution in [1.82, 2.24) is 0 Å². The number of benzene rings is 1. The lowest BCUT2D eigenvalue weighted by atomic mass is 10.0. The Bertz CT molecular complexity index is 459. The molecule has 1 aliphatic rings. The average Bonchev–Trinajstić information content (AvgIpc) is 2.34. The van der Waals surface area contributed by atoms with Gasteiger partial charge in [0.25, 0.3) is 5.91 Å². The number of hydrogen-bond donors (Lipinski definition) is 2. The molecule has 0 bridgehead atoms.